The van der Waals surface area contributed by atoms with Gasteiger partial charge in [-0.05, 0) is 11.1 Å². The van der Waals surface area contributed by atoms with Gasteiger partial charge in [-0.15, -0.1) is 0 Å². The van der Waals surface area contributed by atoms with E-state index in [1.165, 1.54) is 0 Å². The Morgan fingerprint density at radius 2 is 1.43 bits per heavy atom. The molecule has 2 fully saturated rings. The zero-order valence-electron chi connectivity index (χ0n) is 18.0. The van der Waals surface area contributed by atoms with E-state index in [1.807, 2.05) is 6.07 Å². The van der Waals surface area contributed by atoms with E-state index in [0.717, 1.165) is 11.1 Å². The number of alkyl halides is 3. The highest BCUT2D eigenvalue weighted by Gasteiger charge is 2.59. The number of hydrogen-bond acceptors (Lipinski definition) is 9. The van der Waals surface area contributed by atoms with E-state index in [0.29, 0.717) is 0 Å². The molecule has 2 heterocycles. The highest BCUT2D eigenvalue weighted by molar-refractivity contribution is 7.87. The molecule has 0 aromatic heterocycles. The molecule has 13 heteroatoms. The second-order valence-electron chi connectivity index (χ2n) is 7.72. The molecule has 0 amide bonds. The molecule has 35 heavy (non-hydrogen) atoms. The molecule has 2 aliphatic heterocycles. The van der Waals surface area contributed by atoms with Gasteiger partial charge in [0.15, 0.2) is 12.2 Å². The first-order valence-corrected chi connectivity index (χ1v) is 11.8. The van der Waals surface area contributed by atoms with E-state index in [-0.39, 0.29) is 19.8 Å². The van der Waals surface area contributed by atoms with E-state index < -0.39 is 52.5 Å². The fourth-order valence-corrected chi connectivity index (χ4v) is 4.13. The maximum atomic E-state index is 12.9. The van der Waals surface area contributed by atoms with Crippen LogP contribution in [0.3, 0.4) is 0 Å². The van der Waals surface area contributed by atoms with Gasteiger partial charge in [-0.25, -0.2) is 8.98 Å². The van der Waals surface area contributed by atoms with Crippen molar-refractivity contribution in [3.63, 3.8) is 0 Å². The molecule has 0 unspecified atom stereocenters. The van der Waals surface area contributed by atoms with Crippen molar-refractivity contribution >= 4 is 16.3 Å². The normalized spacial score (nSPS) is 26.6. The van der Waals surface area contributed by atoms with Crippen molar-refractivity contribution in [2.24, 2.45) is 0 Å². The minimum atomic E-state index is -6.07. The van der Waals surface area contributed by atoms with Gasteiger partial charge in [0.2, 0.25) is 6.29 Å². The number of fused-ring (bicyclic) bond motifs is 1. The van der Waals surface area contributed by atoms with Crippen LogP contribution in [0.1, 0.15) is 11.1 Å². The SMILES string of the molecule is O=C1O[C@@H]2[C@@H](O1)[C@H](OS(=O)(=O)C(F)(F)F)O[C@H](COCc1ccccc1)[C@H]2OCc1ccccc1. The Morgan fingerprint density at radius 1 is 0.857 bits per heavy atom. The summed E-state index contributed by atoms with van der Waals surface area (Å²) in [7, 11) is -6.07. The smallest absolute Gasteiger partial charge is 0.424 e. The van der Waals surface area contributed by atoms with Crippen molar-refractivity contribution in [2.75, 3.05) is 6.61 Å². The third kappa shape index (κ3) is 6.11. The maximum absolute atomic E-state index is 12.9. The van der Waals surface area contributed by atoms with Gasteiger partial charge in [-0.3, -0.25) is 0 Å². The highest BCUT2D eigenvalue weighted by Crippen LogP contribution is 2.36. The number of benzene rings is 2. The van der Waals surface area contributed by atoms with Crippen LogP contribution in [-0.2, 0) is 51.2 Å². The summed E-state index contributed by atoms with van der Waals surface area (Å²) in [4.78, 5) is 11.8. The number of halogens is 3. The number of carbonyl (C=O) groups excluding carboxylic acids is 1. The largest absolute Gasteiger partial charge is 0.523 e. The monoisotopic (exact) mass is 518 g/mol. The van der Waals surface area contributed by atoms with Crippen molar-refractivity contribution in [1.29, 1.82) is 0 Å². The first kappa shape index (κ1) is 25.4. The van der Waals surface area contributed by atoms with Crippen molar-refractivity contribution < 1.29 is 54.3 Å². The van der Waals surface area contributed by atoms with E-state index in [4.69, 9.17) is 23.7 Å². The fraction of sp³-hybridized carbons (Fsp3) is 0.409. The maximum Gasteiger partial charge on any atom is 0.523 e. The van der Waals surface area contributed by atoms with Crippen LogP contribution in [0.15, 0.2) is 60.7 Å². The zero-order chi connectivity index (χ0) is 25.1. The summed E-state index contributed by atoms with van der Waals surface area (Å²) in [5.41, 5.74) is -4.14. The van der Waals surface area contributed by atoms with Gasteiger partial charge in [0.05, 0.1) is 19.8 Å². The van der Waals surface area contributed by atoms with E-state index >= 15 is 0 Å². The predicted molar refractivity (Wildman–Crippen MR) is 111 cm³/mol. The summed E-state index contributed by atoms with van der Waals surface area (Å²) in [6.07, 6.45) is -8.49. The summed E-state index contributed by atoms with van der Waals surface area (Å²) in [6, 6.07) is 17.9. The lowest BCUT2D eigenvalue weighted by molar-refractivity contribution is -0.266. The lowest BCUT2D eigenvalue weighted by Gasteiger charge is -2.40. The molecular weight excluding hydrogens is 497 g/mol. The number of carbonyl (C=O) groups is 1. The molecule has 9 nitrogen and oxygen atoms in total. The minimum absolute atomic E-state index is 0.0389. The van der Waals surface area contributed by atoms with Crippen LogP contribution >= 0.6 is 0 Å². The lowest BCUT2D eigenvalue weighted by atomic mass is 9.99. The Hall–Kier alpha value is -2.71. The van der Waals surface area contributed by atoms with Gasteiger partial charge in [0.1, 0.15) is 12.2 Å². The molecule has 0 aliphatic carbocycles. The topological polar surface area (TPSA) is 107 Å². The first-order valence-electron chi connectivity index (χ1n) is 10.4. The van der Waals surface area contributed by atoms with Crippen LogP contribution in [0, 0.1) is 0 Å². The van der Waals surface area contributed by atoms with Crippen LogP contribution in [0.5, 0.6) is 0 Å². The van der Waals surface area contributed by atoms with Gasteiger partial charge < -0.3 is 23.7 Å². The van der Waals surface area contributed by atoms with Gasteiger partial charge in [0, 0.05) is 0 Å². The molecule has 2 aromatic carbocycles. The minimum Gasteiger partial charge on any atom is -0.424 e. The lowest BCUT2D eigenvalue weighted by Crippen LogP contribution is -2.59. The Morgan fingerprint density at radius 3 is 2.03 bits per heavy atom. The summed E-state index contributed by atoms with van der Waals surface area (Å²) in [6.45, 7) is -0.0683. The van der Waals surface area contributed by atoms with Gasteiger partial charge >= 0.3 is 21.8 Å². The Labute approximate surface area is 198 Å². The second kappa shape index (κ2) is 10.5. The Kier molecular flexibility index (Phi) is 7.62. The van der Waals surface area contributed by atoms with E-state index in [9.17, 15) is 26.4 Å². The van der Waals surface area contributed by atoms with E-state index in [1.54, 1.807) is 54.6 Å². The van der Waals surface area contributed by atoms with Crippen LogP contribution in [0.4, 0.5) is 18.0 Å². The molecule has 190 valence electrons. The Bertz CT molecular complexity index is 1100. The molecule has 2 aromatic rings. The molecule has 2 aliphatic rings. The van der Waals surface area contributed by atoms with Gasteiger partial charge in [-0.2, -0.15) is 21.6 Å². The fourth-order valence-electron chi connectivity index (χ4n) is 3.61. The molecule has 0 saturated carbocycles. The predicted octanol–water partition coefficient (Wildman–Crippen LogP) is 3.28. The Balaban J connectivity index is 1.54. The molecule has 4 rings (SSSR count). The standard InChI is InChI=1S/C22H21F3O9S/c23-22(24,25)35(27,28)34-20-19-18(32-21(26)33-19)17(30-12-15-9-5-2-6-10-15)16(31-20)13-29-11-14-7-3-1-4-8-14/h1-10,16-20H,11-13H2/t16-,17-,18+,19-,20+/m1/s1. The summed E-state index contributed by atoms with van der Waals surface area (Å²) < 4.78 is 93.3. The molecule has 0 radical (unpaired) electrons. The molecular formula is C22H21F3O9S. The molecule has 5 atom stereocenters. The zero-order valence-corrected chi connectivity index (χ0v) is 18.8. The summed E-state index contributed by atoms with van der Waals surface area (Å²) in [5, 5.41) is 0. The third-order valence-corrected chi connectivity index (χ3v) is 6.25. The van der Waals surface area contributed by atoms with Crippen LogP contribution < -0.4 is 0 Å². The number of hydrogen-bond donors (Lipinski definition) is 0. The number of ether oxygens (including phenoxy) is 5. The third-order valence-electron chi connectivity index (χ3n) is 5.24. The summed E-state index contributed by atoms with van der Waals surface area (Å²) in [5.74, 6) is 0. The molecule has 0 N–H and O–H groups in total. The average molecular weight is 518 g/mol. The summed E-state index contributed by atoms with van der Waals surface area (Å²) >= 11 is 0. The van der Waals surface area contributed by atoms with Gasteiger partial charge in [-0.1, -0.05) is 60.7 Å². The van der Waals surface area contributed by atoms with Crippen LogP contribution in [0.2, 0.25) is 0 Å². The average Bonchev–Trinajstić information content (AvgIpc) is 3.21. The van der Waals surface area contributed by atoms with Crippen LogP contribution in [-0.4, -0.2) is 57.4 Å². The molecule has 0 bridgehead atoms. The van der Waals surface area contributed by atoms with Crippen LogP contribution in [0.25, 0.3) is 0 Å². The van der Waals surface area contributed by atoms with Crippen molar-refractivity contribution in [2.45, 2.75) is 49.4 Å². The highest BCUT2D eigenvalue weighted by atomic mass is 32.2. The van der Waals surface area contributed by atoms with Crippen molar-refractivity contribution in [3.8, 4) is 0 Å². The molecule has 2 saturated heterocycles. The van der Waals surface area contributed by atoms with E-state index in [2.05, 4.69) is 4.18 Å². The quantitative estimate of drug-likeness (QED) is 0.281. The first-order chi connectivity index (χ1) is 16.6. The van der Waals surface area contributed by atoms with Crippen molar-refractivity contribution in [1.82, 2.24) is 0 Å². The molecule has 0 spiro atoms. The van der Waals surface area contributed by atoms with Crippen molar-refractivity contribution in [3.05, 3.63) is 71.8 Å². The number of rotatable bonds is 9. The van der Waals surface area contributed by atoms with Gasteiger partial charge in [0.25, 0.3) is 0 Å². The second-order valence-corrected chi connectivity index (χ2v) is 9.28.